The van der Waals surface area contributed by atoms with E-state index in [4.69, 9.17) is 5.11 Å². The summed E-state index contributed by atoms with van der Waals surface area (Å²) >= 11 is 0. The van der Waals surface area contributed by atoms with Crippen LogP contribution < -0.4 is 0 Å². The molecular weight excluding hydrogens is 173 g/mol. The Morgan fingerprint density at radius 2 is 2.29 bits per heavy atom. The third-order valence-electron chi connectivity index (χ3n) is 0.516. The van der Waals surface area contributed by atoms with Crippen molar-refractivity contribution in [2.24, 2.45) is 0 Å². The number of rotatable bonds is 1. The molecule has 4 heteroatoms. The molecule has 0 aliphatic carbocycles. The second-order valence-electron chi connectivity index (χ2n) is 1.03. The zero-order valence-corrected chi connectivity index (χ0v) is 6.33. The quantitative estimate of drug-likeness (QED) is 0.438. The smallest absolute Gasteiger partial charge is 0.561 e. The number of hydrogen-bond donors (Lipinski definition) is 1. The van der Waals surface area contributed by atoms with Gasteiger partial charge in [0.05, 0.1) is 0 Å². The molecule has 1 unspecified atom stereocenters. The van der Waals surface area contributed by atoms with E-state index in [1.807, 2.05) is 0 Å². The SMILES string of the molecule is O=C(O)C1[CH-]O1.[Y+3]. The molecule has 1 aliphatic heterocycles. The monoisotopic (exact) mass is 176 g/mol. The van der Waals surface area contributed by atoms with Crippen molar-refractivity contribution in [3.8, 4) is 0 Å². The molecule has 0 spiro atoms. The fraction of sp³-hybridized carbons (Fsp3) is 0.333. The first-order chi connectivity index (χ1) is 2.80. The van der Waals surface area contributed by atoms with E-state index >= 15 is 0 Å². The molecule has 0 aromatic rings. The van der Waals surface area contributed by atoms with Crippen LogP contribution in [0.5, 0.6) is 0 Å². The normalized spacial score (nSPS) is 25.4. The van der Waals surface area contributed by atoms with Crippen LogP contribution in [0.3, 0.4) is 0 Å². The molecule has 0 amide bonds. The van der Waals surface area contributed by atoms with Gasteiger partial charge in [-0.1, -0.05) is 0 Å². The molecule has 0 saturated carbocycles. The third kappa shape index (κ3) is 2.37. The van der Waals surface area contributed by atoms with Crippen LogP contribution in [0.25, 0.3) is 0 Å². The second kappa shape index (κ2) is 2.75. The summed E-state index contributed by atoms with van der Waals surface area (Å²) in [5.41, 5.74) is 0. The number of carbonyl (C=O) groups is 1. The minimum absolute atomic E-state index is 0. The van der Waals surface area contributed by atoms with Crippen LogP contribution in [0.15, 0.2) is 0 Å². The number of aliphatic carboxylic acids is 1. The summed E-state index contributed by atoms with van der Waals surface area (Å²) < 4.78 is 4.25. The molecule has 3 nitrogen and oxygen atoms in total. The largest absolute Gasteiger partial charge is 3.00 e. The van der Waals surface area contributed by atoms with Crippen LogP contribution >= 0.6 is 0 Å². The summed E-state index contributed by atoms with van der Waals surface area (Å²) in [6.45, 7) is 1.27. The standard InChI is InChI=1S/C3H3O3.Y/c4-3(5)2-1-6-2;/h1-2H,(H,4,5);/q-1;+3. The Morgan fingerprint density at radius 3 is 2.29 bits per heavy atom. The first-order valence-corrected chi connectivity index (χ1v) is 1.52. The van der Waals surface area contributed by atoms with Crippen molar-refractivity contribution in [2.45, 2.75) is 6.10 Å². The average Bonchev–Trinajstić information content (AvgIpc) is 2.06. The first-order valence-electron chi connectivity index (χ1n) is 1.52. The molecular formula is C3H3O3Y+2. The minimum Gasteiger partial charge on any atom is -0.561 e. The van der Waals surface area contributed by atoms with Crippen LogP contribution in [0.2, 0.25) is 0 Å². The Bertz CT molecular complexity index is 78.2. The van der Waals surface area contributed by atoms with Gasteiger partial charge in [0, 0.05) is 6.10 Å². The van der Waals surface area contributed by atoms with Gasteiger partial charge in [-0.05, 0) is 0 Å². The van der Waals surface area contributed by atoms with Gasteiger partial charge < -0.3 is 9.84 Å². The molecule has 1 N–H and O–H groups in total. The Balaban J connectivity index is 0.000000360. The van der Waals surface area contributed by atoms with E-state index in [-0.39, 0.29) is 32.7 Å². The topological polar surface area (TPSA) is 49.8 Å². The Labute approximate surface area is 65.9 Å². The average molecular weight is 176 g/mol. The third-order valence-corrected chi connectivity index (χ3v) is 0.516. The Morgan fingerprint density at radius 1 is 1.86 bits per heavy atom. The van der Waals surface area contributed by atoms with Crippen LogP contribution in [0.1, 0.15) is 0 Å². The molecule has 1 aliphatic rings. The van der Waals surface area contributed by atoms with Gasteiger partial charge >= 0.3 is 32.7 Å². The zero-order valence-electron chi connectivity index (χ0n) is 3.50. The molecule has 0 radical (unpaired) electrons. The fourth-order valence-electron chi connectivity index (χ4n) is 0.156. The van der Waals surface area contributed by atoms with Gasteiger partial charge in [-0.25, -0.2) is 0 Å². The van der Waals surface area contributed by atoms with E-state index in [0.717, 1.165) is 0 Å². The summed E-state index contributed by atoms with van der Waals surface area (Å²) in [7, 11) is 0. The zero-order chi connectivity index (χ0) is 4.57. The molecule has 1 saturated heterocycles. The van der Waals surface area contributed by atoms with Crippen molar-refractivity contribution in [3.63, 3.8) is 0 Å². The number of carboxylic acid groups (broad SMARTS) is 1. The van der Waals surface area contributed by atoms with Crippen LogP contribution in [0, 0.1) is 6.61 Å². The van der Waals surface area contributed by atoms with E-state index in [2.05, 4.69) is 4.74 Å². The molecule has 7 heavy (non-hydrogen) atoms. The van der Waals surface area contributed by atoms with Gasteiger partial charge in [0.2, 0.25) is 0 Å². The molecule has 0 aromatic heterocycles. The minimum atomic E-state index is -0.907. The molecule has 0 bridgehead atoms. The van der Waals surface area contributed by atoms with E-state index in [1.165, 1.54) is 6.61 Å². The summed E-state index contributed by atoms with van der Waals surface area (Å²) in [6.07, 6.45) is -0.606. The maximum Gasteiger partial charge on any atom is 3.00 e. The first kappa shape index (κ1) is 7.53. The number of carboxylic acids is 1. The predicted octanol–water partition coefficient (Wildman–Crippen LogP) is -0.371. The predicted molar refractivity (Wildman–Crippen MR) is 16.8 cm³/mol. The van der Waals surface area contributed by atoms with Gasteiger partial charge in [-0.15, -0.1) is 0 Å². The second-order valence-corrected chi connectivity index (χ2v) is 1.03. The van der Waals surface area contributed by atoms with Crippen molar-refractivity contribution < 1.29 is 47.3 Å². The Kier molecular flexibility index (Phi) is 2.96. The van der Waals surface area contributed by atoms with Gasteiger partial charge in [-0.2, -0.15) is 6.61 Å². The number of ether oxygens (including phenoxy) is 1. The van der Waals surface area contributed by atoms with E-state index in [1.54, 1.807) is 0 Å². The van der Waals surface area contributed by atoms with Gasteiger partial charge in [-0.3, -0.25) is 4.79 Å². The van der Waals surface area contributed by atoms with Gasteiger partial charge in [0.15, 0.2) is 0 Å². The molecule has 1 heterocycles. The molecule has 1 atom stereocenters. The summed E-state index contributed by atoms with van der Waals surface area (Å²) in [5, 5.41) is 7.90. The molecule has 0 aromatic carbocycles. The maximum atomic E-state index is 9.61. The van der Waals surface area contributed by atoms with Crippen molar-refractivity contribution in [1.82, 2.24) is 0 Å². The summed E-state index contributed by atoms with van der Waals surface area (Å²) in [6, 6.07) is 0. The van der Waals surface area contributed by atoms with Crippen molar-refractivity contribution >= 4 is 5.97 Å². The van der Waals surface area contributed by atoms with Gasteiger partial charge in [0.1, 0.15) is 0 Å². The molecule has 1 rings (SSSR count). The van der Waals surface area contributed by atoms with Crippen molar-refractivity contribution in [2.75, 3.05) is 0 Å². The van der Waals surface area contributed by atoms with Crippen LogP contribution in [0.4, 0.5) is 0 Å². The molecule has 34 valence electrons. The molecule has 1 fully saturated rings. The number of hydrogen-bond acceptors (Lipinski definition) is 2. The summed E-state index contributed by atoms with van der Waals surface area (Å²) in [5.74, 6) is -0.907. The van der Waals surface area contributed by atoms with E-state index < -0.39 is 12.1 Å². The van der Waals surface area contributed by atoms with Crippen molar-refractivity contribution in [1.29, 1.82) is 0 Å². The fourth-order valence-corrected chi connectivity index (χ4v) is 0.156. The van der Waals surface area contributed by atoms with Gasteiger partial charge in [0.25, 0.3) is 5.97 Å². The Hall–Kier alpha value is 0.534. The van der Waals surface area contributed by atoms with E-state index in [9.17, 15) is 4.79 Å². The van der Waals surface area contributed by atoms with Crippen LogP contribution in [-0.4, -0.2) is 17.2 Å². The van der Waals surface area contributed by atoms with Crippen molar-refractivity contribution in [3.05, 3.63) is 6.61 Å². The summed E-state index contributed by atoms with van der Waals surface area (Å²) in [4.78, 5) is 9.61. The van der Waals surface area contributed by atoms with Crippen LogP contribution in [-0.2, 0) is 42.2 Å². The van der Waals surface area contributed by atoms with E-state index in [0.29, 0.717) is 0 Å². The maximum absolute atomic E-state index is 9.61. The number of epoxide rings is 1.